The van der Waals surface area contributed by atoms with Crippen molar-refractivity contribution in [1.29, 1.82) is 5.26 Å². The first kappa shape index (κ1) is 18.2. The van der Waals surface area contributed by atoms with Crippen LogP contribution in [0.2, 0.25) is 0 Å². The molecule has 0 spiro atoms. The van der Waals surface area contributed by atoms with E-state index in [-0.39, 0.29) is 24.8 Å². The lowest BCUT2D eigenvalue weighted by Gasteiger charge is -2.25. The molecule has 0 aliphatic carbocycles. The van der Waals surface area contributed by atoms with E-state index in [9.17, 15) is 9.59 Å². The van der Waals surface area contributed by atoms with Crippen LogP contribution in [0.1, 0.15) is 30.0 Å². The number of anilines is 2. The highest BCUT2D eigenvalue weighted by molar-refractivity contribution is 5.96. The number of rotatable bonds is 5. The highest BCUT2D eigenvalue weighted by atomic mass is 16.2. The van der Waals surface area contributed by atoms with Crippen LogP contribution in [0.3, 0.4) is 0 Å². The molecule has 5 nitrogen and oxygen atoms in total. The van der Waals surface area contributed by atoms with E-state index >= 15 is 0 Å². The van der Waals surface area contributed by atoms with Crippen LogP contribution in [-0.2, 0) is 9.59 Å². The quantitative estimate of drug-likeness (QED) is 0.908. The van der Waals surface area contributed by atoms with Crippen molar-refractivity contribution in [2.24, 2.45) is 0 Å². The van der Waals surface area contributed by atoms with E-state index < -0.39 is 0 Å². The van der Waals surface area contributed by atoms with Crippen molar-refractivity contribution >= 4 is 23.2 Å². The number of carbonyl (C=O) groups is 2. The summed E-state index contributed by atoms with van der Waals surface area (Å²) in [6.45, 7) is 5.67. The first-order valence-electron chi connectivity index (χ1n) is 8.07. The molecule has 0 atom stereocenters. The molecular formula is C20H21N3O2. The molecule has 25 heavy (non-hydrogen) atoms. The summed E-state index contributed by atoms with van der Waals surface area (Å²) >= 11 is 0. The maximum atomic E-state index is 12.3. The van der Waals surface area contributed by atoms with Gasteiger partial charge in [0.15, 0.2) is 0 Å². The summed E-state index contributed by atoms with van der Waals surface area (Å²) in [5.41, 5.74) is 3.72. The second-order valence-corrected chi connectivity index (χ2v) is 5.87. The molecule has 0 aliphatic rings. The van der Waals surface area contributed by atoms with Gasteiger partial charge in [0.1, 0.15) is 6.07 Å². The first-order chi connectivity index (χ1) is 11.9. The third-order valence-corrected chi connectivity index (χ3v) is 3.97. The lowest BCUT2D eigenvalue weighted by atomic mass is 10.1. The molecule has 0 unspecified atom stereocenters. The Hall–Kier alpha value is -3.13. The molecule has 0 saturated carbocycles. The van der Waals surface area contributed by atoms with Crippen molar-refractivity contribution in [2.45, 2.75) is 27.2 Å². The standard InChI is InChI=1S/C20H21N3O2/c1-14-7-6-8-15(2)20(14)23(16(3)24)12-11-19(25)22-18-10-5-4-9-17(18)13-21/h4-10H,11-12H2,1-3H3,(H,22,25). The fourth-order valence-electron chi connectivity index (χ4n) is 2.77. The molecule has 2 amide bonds. The van der Waals surface area contributed by atoms with E-state index in [1.165, 1.54) is 6.92 Å². The van der Waals surface area contributed by atoms with E-state index in [0.717, 1.165) is 16.8 Å². The van der Waals surface area contributed by atoms with E-state index in [1.54, 1.807) is 29.2 Å². The van der Waals surface area contributed by atoms with Crippen LogP contribution in [-0.4, -0.2) is 18.4 Å². The number of hydrogen-bond acceptors (Lipinski definition) is 3. The third-order valence-electron chi connectivity index (χ3n) is 3.97. The number of para-hydroxylation sites is 2. The van der Waals surface area contributed by atoms with Gasteiger partial charge in [-0.3, -0.25) is 9.59 Å². The van der Waals surface area contributed by atoms with Gasteiger partial charge in [-0.05, 0) is 37.1 Å². The first-order valence-corrected chi connectivity index (χ1v) is 8.07. The maximum Gasteiger partial charge on any atom is 0.226 e. The number of amides is 2. The van der Waals surface area contributed by atoms with Gasteiger partial charge in [-0.1, -0.05) is 30.3 Å². The van der Waals surface area contributed by atoms with Gasteiger partial charge in [-0.15, -0.1) is 0 Å². The van der Waals surface area contributed by atoms with Crippen LogP contribution < -0.4 is 10.2 Å². The Morgan fingerprint density at radius 2 is 1.72 bits per heavy atom. The molecule has 0 radical (unpaired) electrons. The van der Waals surface area contributed by atoms with E-state index in [4.69, 9.17) is 5.26 Å². The molecule has 0 saturated heterocycles. The average Bonchev–Trinajstić information content (AvgIpc) is 2.57. The van der Waals surface area contributed by atoms with Gasteiger partial charge < -0.3 is 10.2 Å². The highest BCUT2D eigenvalue weighted by Crippen LogP contribution is 2.25. The molecule has 2 aromatic rings. The summed E-state index contributed by atoms with van der Waals surface area (Å²) in [5.74, 6) is -0.345. The number of nitriles is 1. The molecule has 0 bridgehead atoms. The number of nitrogens with one attached hydrogen (secondary N) is 1. The topological polar surface area (TPSA) is 73.2 Å². The Morgan fingerprint density at radius 1 is 1.08 bits per heavy atom. The van der Waals surface area contributed by atoms with Crippen molar-refractivity contribution in [3.8, 4) is 6.07 Å². The summed E-state index contributed by atoms with van der Waals surface area (Å²) in [6, 6.07) is 14.7. The molecule has 0 heterocycles. The van der Waals surface area contributed by atoms with Gasteiger partial charge in [-0.2, -0.15) is 5.26 Å². The summed E-state index contributed by atoms with van der Waals surface area (Å²) in [4.78, 5) is 25.9. The predicted octanol–water partition coefficient (Wildman–Crippen LogP) is 3.56. The van der Waals surface area contributed by atoms with Crippen molar-refractivity contribution < 1.29 is 9.59 Å². The van der Waals surface area contributed by atoms with Gasteiger partial charge in [0.05, 0.1) is 11.3 Å². The van der Waals surface area contributed by atoms with Crippen LogP contribution in [0.5, 0.6) is 0 Å². The van der Waals surface area contributed by atoms with Gasteiger partial charge in [-0.25, -0.2) is 0 Å². The van der Waals surface area contributed by atoms with Crippen molar-refractivity contribution in [2.75, 3.05) is 16.8 Å². The number of aryl methyl sites for hydroxylation is 2. The molecule has 1 N–H and O–H groups in total. The molecule has 128 valence electrons. The van der Waals surface area contributed by atoms with Gasteiger partial charge in [0, 0.05) is 25.6 Å². The lowest BCUT2D eigenvalue weighted by Crippen LogP contribution is -2.33. The summed E-state index contributed by atoms with van der Waals surface area (Å²) in [5, 5.41) is 11.8. The van der Waals surface area contributed by atoms with E-state index in [1.807, 2.05) is 38.1 Å². The monoisotopic (exact) mass is 335 g/mol. The second kappa shape index (κ2) is 8.11. The summed E-state index contributed by atoms with van der Waals surface area (Å²) in [7, 11) is 0. The SMILES string of the molecule is CC(=O)N(CCC(=O)Nc1ccccc1C#N)c1c(C)cccc1C. The Kier molecular flexibility index (Phi) is 5.91. The van der Waals surface area contributed by atoms with E-state index in [0.29, 0.717) is 11.3 Å². The fraction of sp³-hybridized carbons (Fsp3) is 0.250. The van der Waals surface area contributed by atoms with Crippen LogP contribution in [0.4, 0.5) is 11.4 Å². The Balaban J connectivity index is 2.11. The second-order valence-electron chi connectivity index (χ2n) is 5.87. The van der Waals surface area contributed by atoms with Crippen molar-refractivity contribution in [3.63, 3.8) is 0 Å². The number of benzene rings is 2. The van der Waals surface area contributed by atoms with Crippen LogP contribution in [0.25, 0.3) is 0 Å². The predicted molar refractivity (Wildman–Crippen MR) is 98.3 cm³/mol. The van der Waals surface area contributed by atoms with Crippen LogP contribution in [0.15, 0.2) is 42.5 Å². The molecule has 0 fully saturated rings. The number of hydrogen-bond donors (Lipinski definition) is 1. The molecule has 0 aliphatic heterocycles. The molecule has 2 aromatic carbocycles. The minimum Gasteiger partial charge on any atom is -0.325 e. The Labute approximate surface area is 147 Å². The third kappa shape index (κ3) is 4.45. The Bertz CT molecular complexity index is 817. The van der Waals surface area contributed by atoms with Crippen molar-refractivity contribution in [1.82, 2.24) is 0 Å². The minimum atomic E-state index is -0.236. The molecule has 5 heteroatoms. The number of nitrogens with zero attached hydrogens (tertiary/aromatic N) is 2. The fourth-order valence-corrected chi connectivity index (χ4v) is 2.77. The number of carbonyl (C=O) groups excluding carboxylic acids is 2. The van der Waals surface area contributed by atoms with Gasteiger partial charge in [0.2, 0.25) is 11.8 Å². The average molecular weight is 335 g/mol. The molecule has 2 rings (SSSR count). The normalized spacial score (nSPS) is 10.0. The minimum absolute atomic E-state index is 0.109. The van der Waals surface area contributed by atoms with Crippen molar-refractivity contribution in [3.05, 3.63) is 59.2 Å². The summed E-state index contributed by atoms with van der Waals surface area (Å²) in [6.07, 6.45) is 0.146. The Morgan fingerprint density at radius 3 is 2.32 bits per heavy atom. The molecular weight excluding hydrogens is 314 g/mol. The van der Waals surface area contributed by atoms with Crippen LogP contribution in [0, 0.1) is 25.2 Å². The van der Waals surface area contributed by atoms with Crippen LogP contribution >= 0.6 is 0 Å². The highest BCUT2D eigenvalue weighted by Gasteiger charge is 2.17. The zero-order valence-corrected chi connectivity index (χ0v) is 14.7. The summed E-state index contributed by atoms with van der Waals surface area (Å²) < 4.78 is 0. The molecule has 0 aromatic heterocycles. The lowest BCUT2D eigenvalue weighted by molar-refractivity contribution is -0.117. The zero-order valence-electron chi connectivity index (χ0n) is 14.7. The maximum absolute atomic E-state index is 12.3. The van der Waals surface area contributed by atoms with Gasteiger partial charge >= 0.3 is 0 Å². The smallest absolute Gasteiger partial charge is 0.226 e. The van der Waals surface area contributed by atoms with E-state index in [2.05, 4.69) is 5.32 Å². The largest absolute Gasteiger partial charge is 0.325 e. The van der Waals surface area contributed by atoms with Gasteiger partial charge in [0.25, 0.3) is 0 Å². The zero-order chi connectivity index (χ0) is 18.4.